The summed E-state index contributed by atoms with van der Waals surface area (Å²) in [6, 6.07) is 7.97. The molecule has 186 valence electrons. The van der Waals surface area contributed by atoms with Crippen molar-refractivity contribution in [3.05, 3.63) is 46.3 Å². The number of hydrogen-bond donors (Lipinski definition) is 3. The second kappa shape index (κ2) is 12.3. The first-order chi connectivity index (χ1) is 16.1. The molecule has 3 rings (SSSR count). The quantitative estimate of drug-likeness (QED) is 0.247. The molecule has 3 N–H and O–H groups in total. The Kier molecular flexibility index (Phi) is 9.95. The summed E-state index contributed by atoms with van der Waals surface area (Å²) in [5.41, 5.74) is -0.847. The number of aliphatic hydroxyl groups is 2. The van der Waals surface area contributed by atoms with E-state index in [1.165, 1.54) is 23.5 Å². The first-order valence-corrected chi connectivity index (χ1v) is 14.7. The lowest BCUT2D eigenvalue weighted by molar-refractivity contribution is -0.134. The van der Waals surface area contributed by atoms with E-state index < -0.39 is 23.6 Å². The predicted molar refractivity (Wildman–Crippen MR) is 144 cm³/mol. The molecule has 9 heteroatoms. The number of aryl methyl sites for hydroxylation is 1. The van der Waals surface area contributed by atoms with E-state index in [1.54, 1.807) is 37.3 Å². The minimum absolute atomic E-state index is 0.0180. The van der Waals surface area contributed by atoms with Crippen LogP contribution in [0.3, 0.4) is 0 Å². The summed E-state index contributed by atoms with van der Waals surface area (Å²) in [5, 5.41) is 31.5. The van der Waals surface area contributed by atoms with Gasteiger partial charge in [-0.25, -0.2) is 0 Å². The average molecular weight is 543 g/mol. The summed E-state index contributed by atoms with van der Waals surface area (Å²) < 4.78 is 1.13. The number of rotatable bonds is 12. The molecule has 4 atom stereocenters. The molecule has 1 fully saturated rings. The number of carbonyl (C=O) groups is 2. The number of benzene rings is 1. The third kappa shape index (κ3) is 6.59. The lowest BCUT2D eigenvalue weighted by Gasteiger charge is -2.22. The normalized spacial score (nSPS) is 23.2. The van der Waals surface area contributed by atoms with E-state index in [4.69, 9.17) is 16.7 Å². The van der Waals surface area contributed by atoms with Gasteiger partial charge in [-0.3, -0.25) is 9.59 Å². The van der Waals surface area contributed by atoms with Gasteiger partial charge in [0.25, 0.3) is 0 Å². The zero-order chi connectivity index (χ0) is 24.9. The number of fused-ring (bicyclic) bond motifs is 1. The monoisotopic (exact) mass is 542 g/mol. The molecular formula is C25H31ClO5S3. The van der Waals surface area contributed by atoms with E-state index in [9.17, 15) is 19.8 Å². The topological polar surface area (TPSA) is 94.8 Å². The largest absolute Gasteiger partial charge is 0.481 e. The van der Waals surface area contributed by atoms with Crippen LogP contribution in [0.5, 0.6) is 0 Å². The Labute approximate surface area is 218 Å². The lowest BCUT2D eigenvalue weighted by Crippen LogP contribution is -2.31. The minimum Gasteiger partial charge on any atom is -0.481 e. The van der Waals surface area contributed by atoms with Crippen LogP contribution in [0, 0.1) is 11.3 Å². The Morgan fingerprint density at radius 2 is 2.03 bits per heavy atom. The molecule has 1 saturated carbocycles. The molecule has 1 aliphatic rings. The number of Topliss-reactive ketones (excluding diaryl/α,β-unsaturated/α-hetero) is 1. The van der Waals surface area contributed by atoms with E-state index in [2.05, 4.69) is 0 Å². The van der Waals surface area contributed by atoms with Crippen LogP contribution in [0.25, 0.3) is 10.1 Å². The van der Waals surface area contributed by atoms with Crippen molar-refractivity contribution in [1.82, 2.24) is 0 Å². The maximum atomic E-state index is 13.0. The van der Waals surface area contributed by atoms with Crippen molar-refractivity contribution in [3.8, 4) is 0 Å². The van der Waals surface area contributed by atoms with Crippen LogP contribution in [0.1, 0.15) is 31.6 Å². The molecule has 5 nitrogen and oxygen atoms in total. The van der Waals surface area contributed by atoms with Crippen molar-refractivity contribution in [2.45, 2.75) is 50.6 Å². The van der Waals surface area contributed by atoms with E-state index in [0.717, 1.165) is 26.4 Å². The van der Waals surface area contributed by atoms with E-state index in [-0.39, 0.29) is 22.7 Å². The molecule has 0 aliphatic heterocycles. The second-order valence-electron chi connectivity index (χ2n) is 9.03. The molecule has 0 radical (unpaired) electrons. The van der Waals surface area contributed by atoms with Gasteiger partial charge in [0.05, 0.1) is 33.6 Å². The highest BCUT2D eigenvalue weighted by Crippen LogP contribution is 2.45. The highest BCUT2D eigenvalue weighted by atomic mass is 35.5. The number of carboxylic acids is 1. The Morgan fingerprint density at radius 1 is 1.29 bits per heavy atom. The van der Waals surface area contributed by atoms with Crippen LogP contribution >= 0.6 is 46.5 Å². The van der Waals surface area contributed by atoms with Gasteiger partial charge in [0.1, 0.15) is 0 Å². The molecule has 2 aromatic rings. The number of aliphatic hydroxyl groups excluding tert-OH is 2. The molecule has 0 spiro atoms. The van der Waals surface area contributed by atoms with E-state index in [1.807, 2.05) is 24.3 Å². The zero-order valence-electron chi connectivity index (χ0n) is 19.3. The van der Waals surface area contributed by atoms with Crippen LogP contribution in [0.2, 0.25) is 5.02 Å². The third-order valence-corrected chi connectivity index (χ3v) is 10.3. The molecule has 0 bridgehead atoms. The summed E-state index contributed by atoms with van der Waals surface area (Å²) in [6.07, 6.45) is 3.91. The van der Waals surface area contributed by atoms with Gasteiger partial charge in [0.2, 0.25) is 0 Å². The highest BCUT2D eigenvalue weighted by molar-refractivity contribution is 8.01. The number of carboxylic acid groups (broad SMARTS) is 1. The Bertz CT molecular complexity index is 1030. The number of hydrogen-bond acceptors (Lipinski definition) is 7. The van der Waals surface area contributed by atoms with Gasteiger partial charge in [-0.05, 0) is 36.8 Å². The molecule has 4 unspecified atom stereocenters. The van der Waals surface area contributed by atoms with Crippen molar-refractivity contribution < 1.29 is 24.9 Å². The van der Waals surface area contributed by atoms with Gasteiger partial charge >= 0.3 is 5.97 Å². The fourth-order valence-electron chi connectivity index (χ4n) is 4.11. The molecule has 1 heterocycles. The van der Waals surface area contributed by atoms with Crippen molar-refractivity contribution in [1.29, 1.82) is 0 Å². The number of thiophene rings is 1. The minimum atomic E-state index is -0.847. The molecule has 1 aliphatic carbocycles. The van der Waals surface area contributed by atoms with Gasteiger partial charge in [-0.1, -0.05) is 55.8 Å². The molecular weight excluding hydrogens is 512 g/mol. The fraction of sp³-hybridized carbons (Fsp3) is 0.520. The van der Waals surface area contributed by atoms with Gasteiger partial charge in [-0.2, -0.15) is 11.8 Å². The van der Waals surface area contributed by atoms with Crippen molar-refractivity contribution in [2.24, 2.45) is 11.3 Å². The smallest absolute Gasteiger partial charge is 0.313 e. The number of ketones is 1. The molecule has 0 saturated heterocycles. The maximum absolute atomic E-state index is 13.0. The van der Waals surface area contributed by atoms with Crippen LogP contribution in [0.15, 0.2) is 36.4 Å². The number of carbonyl (C=O) groups excluding carboxylic acids is 1. The average Bonchev–Trinajstić information content (AvgIpc) is 3.20. The lowest BCUT2D eigenvalue weighted by atomic mass is 9.86. The Hall–Kier alpha value is -1.03. The SMILES string of the molecule is CC1(C)C(=O)C(SCCCSCC(=O)O)C(/C=C/C(O)CCc2sc3ccccc3c2Cl)C1O. The highest BCUT2D eigenvalue weighted by Gasteiger charge is 2.53. The summed E-state index contributed by atoms with van der Waals surface area (Å²) in [7, 11) is 0. The first kappa shape index (κ1) is 27.6. The second-order valence-corrected chi connectivity index (χ2v) is 12.9. The maximum Gasteiger partial charge on any atom is 0.313 e. The summed E-state index contributed by atoms with van der Waals surface area (Å²) in [6.45, 7) is 3.54. The van der Waals surface area contributed by atoms with Crippen molar-refractivity contribution >= 4 is 68.3 Å². The van der Waals surface area contributed by atoms with Gasteiger partial charge in [0, 0.05) is 20.9 Å². The molecule has 0 amide bonds. The zero-order valence-corrected chi connectivity index (χ0v) is 22.5. The number of thioether (sulfide) groups is 2. The van der Waals surface area contributed by atoms with E-state index >= 15 is 0 Å². The Morgan fingerprint density at radius 3 is 2.74 bits per heavy atom. The van der Waals surface area contributed by atoms with E-state index in [0.29, 0.717) is 24.3 Å². The van der Waals surface area contributed by atoms with Crippen LogP contribution in [-0.4, -0.2) is 61.8 Å². The fourth-order valence-corrected chi connectivity index (χ4v) is 7.99. The summed E-state index contributed by atoms with van der Waals surface area (Å²) in [4.78, 5) is 24.6. The van der Waals surface area contributed by atoms with Gasteiger partial charge < -0.3 is 15.3 Å². The number of aliphatic carboxylic acids is 1. The van der Waals surface area contributed by atoms with Crippen LogP contribution in [0.4, 0.5) is 0 Å². The summed E-state index contributed by atoms with van der Waals surface area (Å²) in [5.74, 6) is 0.321. The molecule has 1 aromatic carbocycles. The molecule has 34 heavy (non-hydrogen) atoms. The van der Waals surface area contributed by atoms with Crippen molar-refractivity contribution in [3.63, 3.8) is 0 Å². The standard InChI is InChI=1S/C25H31ClO5S3/c1-25(2)23(30)17(22(24(25)31)33-13-5-12-32-14-20(28)29)10-8-15(27)9-11-19-21(26)16-6-3-4-7-18(16)34-19/h3-4,6-8,10,15,17,22-23,27,30H,5,9,11-14H2,1-2H3,(H,28,29)/b10-8+. The van der Waals surface area contributed by atoms with Crippen LogP contribution < -0.4 is 0 Å². The number of halogens is 1. The molecule has 1 aromatic heterocycles. The first-order valence-electron chi connectivity index (χ1n) is 11.3. The summed E-state index contributed by atoms with van der Waals surface area (Å²) >= 11 is 11.0. The van der Waals surface area contributed by atoms with Gasteiger partial charge in [0.15, 0.2) is 5.78 Å². The van der Waals surface area contributed by atoms with Crippen LogP contribution in [-0.2, 0) is 16.0 Å². The van der Waals surface area contributed by atoms with Gasteiger partial charge in [-0.15, -0.1) is 23.1 Å². The van der Waals surface area contributed by atoms with Crippen molar-refractivity contribution in [2.75, 3.05) is 17.3 Å². The third-order valence-electron chi connectivity index (χ3n) is 6.13. The Balaban J connectivity index is 1.57. The predicted octanol–water partition coefficient (Wildman–Crippen LogP) is 5.30.